The Hall–Kier alpha value is -2.25. The minimum atomic E-state index is -3.12. The smallest absolute Gasteiger partial charge is 0.191 e. The van der Waals surface area contributed by atoms with E-state index in [1.807, 2.05) is 48.5 Å². The minimum Gasteiger partial charge on any atom is -0.369 e. The van der Waals surface area contributed by atoms with Crippen molar-refractivity contribution in [3.8, 4) is 0 Å². The molecule has 1 aliphatic rings. The molecule has 0 aromatic heterocycles. The van der Waals surface area contributed by atoms with Gasteiger partial charge in [0.1, 0.15) is 0 Å². The number of hydrogen-bond acceptors (Lipinski definition) is 4. The summed E-state index contributed by atoms with van der Waals surface area (Å²) < 4.78 is 24.6. The van der Waals surface area contributed by atoms with Gasteiger partial charge >= 0.3 is 0 Å². The highest BCUT2D eigenvalue weighted by molar-refractivity contribution is 7.90. The van der Waals surface area contributed by atoms with Gasteiger partial charge < -0.3 is 15.5 Å². The van der Waals surface area contributed by atoms with Crippen LogP contribution in [0, 0.1) is 0 Å². The molecule has 0 amide bonds. The topological polar surface area (TPSA) is 73.8 Å². The highest BCUT2D eigenvalue weighted by Crippen LogP contribution is 2.23. The zero-order valence-corrected chi connectivity index (χ0v) is 18.8. The van der Waals surface area contributed by atoms with E-state index in [0.717, 1.165) is 35.8 Å². The summed E-state index contributed by atoms with van der Waals surface area (Å²) in [7, 11) is -1.39. The Balaban J connectivity index is 1.40. The second kappa shape index (κ2) is 10.7. The number of hydrogen-bond donors (Lipinski definition) is 2. The summed E-state index contributed by atoms with van der Waals surface area (Å²) in [5.41, 5.74) is 1.95. The fraction of sp³-hybridized carbons (Fsp3) is 0.409. The van der Waals surface area contributed by atoms with Crippen LogP contribution in [0.15, 0.2) is 59.6 Å². The maximum absolute atomic E-state index is 12.3. The molecule has 3 rings (SSSR count). The first-order valence-corrected chi connectivity index (χ1v) is 12.4. The van der Waals surface area contributed by atoms with E-state index in [4.69, 9.17) is 11.6 Å². The summed E-state index contributed by atoms with van der Waals surface area (Å²) in [5, 5.41) is 7.40. The van der Waals surface area contributed by atoms with E-state index in [-0.39, 0.29) is 17.5 Å². The predicted molar refractivity (Wildman–Crippen MR) is 125 cm³/mol. The number of benzene rings is 2. The zero-order valence-electron chi connectivity index (χ0n) is 17.2. The summed E-state index contributed by atoms with van der Waals surface area (Å²) in [6.45, 7) is 2.37. The van der Waals surface area contributed by atoms with E-state index in [0.29, 0.717) is 18.9 Å². The van der Waals surface area contributed by atoms with Crippen molar-refractivity contribution in [1.82, 2.24) is 10.6 Å². The van der Waals surface area contributed by atoms with E-state index < -0.39 is 9.84 Å². The van der Waals surface area contributed by atoms with Crippen LogP contribution in [-0.4, -0.2) is 52.9 Å². The van der Waals surface area contributed by atoms with Crippen molar-refractivity contribution in [3.05, 3.63) is 65.2 Å². The molecule has 0 radical (unpaired) electrons. The Morgan fingerprint density at radius 3 is 2.73 bits per heavy atom. The molecule has 0 bridgehead atoms. The third-order valence-electron chi connectivity index (χ3n) is 5.08. The van der Waals surface area contributed by atoms with Crippen molar-refractivity contribution in [3.63, 3.8) is 0 Å². The van der Waals surface area contributed by atoms with Gasteiger partial charge in [-0.1, -0.05) is 48.0 Å². The average Bonchev–Trinajstić information content (AvgIpc) is 3.19. The summed E-state index contributed by atoms with van der Waals surface area (Å²) in [4.78, 5) is 6.57. The van der Waals surface area contributed by atoms with Crippen LogP contribution >= 0.6 is 11.6 Å². The van der Waals surface area contributed by atoms with Crippen LogP contribution in [0.25, 0.3) is 0 Å². The first-order valence-electron chi connectivity index (χ1n) is 10.2. The number of aliphatic imine (C=N–C) groups is 1. The molecule has 6 nitrogen and oxygen atoms in total. The molecule has 0 aliphatic carbocycles. The lowest BCUT2D eigenvalue weighted by atomic mass is 10.2. The third kappa shape index (κ3) is 6.92. The molecule has 1 fully saturated rings. The molecule has 1 unspecified atom stereocenters. The largest absolute Gasteiger partial charge is 0.369 e. The molecule has 1 aliphatic heterocycles. The van der Waals surface area contributed by atoms with Crippen molar-refractivity contribution >= 4 is 33.1 Å². The second-order valence-electron chi connectivity index (χ2n) is 7.49. The lowest BCUT2D eigenvalue weighted by Crippen LogP contribution is -2.45. The van der Waals surface area contributed by atoms with Crippen molar-refractivity contribution in [1.29, 1.82) is 0 Å². The van der Waals surface area contributed by atoms with Gasteiger partial charge in [0, 0.05) is 43.4 Å². The van der Waals surface area contributed by atoms with E-state index >= 15 is 0 Å². The van der Waals surface area contributed by atoms with Crippen LogP contribution < -0.4 is 15.5 Å². The Labute approximate surface area is 184 Å². The van der Waals surface area contributed by atoms with Gasteiger partial charge in [0.15, 0.2) is 15.8 Å². The highest BCUT2D eigenvalue weighted by Gasteiger charge is 2.23. The third-order valence-corrected chi connectivity index (χ3v) is 7.00. The molecule has 2 N–H and O–H groups in total. The van der Waals surface area contributed by atoms with Gasteiger partial charge in [-0.05, 0) is 36.6 Å². The van der Waals surface area contributed by atoms with Gasteiger partial charge in [0.25, 0.3) is 0 Å². The van der Waals surface area contributed by atoms with Crippen LogP contribution in [-0.2, 0) is 15.6 Å². The summed E-state index contributed by atoms with van der Waals surface area (Å²) in [6.07, 6.45) is 1.54. The Morgan fingerprint density at radius 1 is 1.20 bits per heavy atom. The number of nitrogens with zero attached hydrogens (tertiary/aromatic N) is 2. The number of sulfone groups is 1. The normalized spacial score (nSPS) is 17.2. The van der Waals surface area contributed by atoms with E-state index in [9.17, 15) is 8.42 Å². The molecule has 1 atom stereocenters. The quantitative estimate of drug-likeness (QED) is 0.369. The van der Waals surface area contributed by atoms with Crippen molar-refractivity contribution < 1.29 is 8.42 Å². The molecule has 1 heterocycles. The van der Waals surface area contributed by atoms with Crippen LogP contribution in [0.4, 0.5) is 5.69 Å². The minimum absolute atomic E-state index is 0.0855. The lowest BCUT2D eigenvalue weighted by Gasteiger charge is -2.20. The standard InChI is InChI=1S/C22H29ClN4O2S/c1-24-22(25-12-6-14-30(28,29)17-18-7-3-2-4-8-18)26-20-11-13-27(16-20)21-10-5-9-19(23)15-21/h2-5,7-10,15,20H,6,11-14,16-17H2,1H3,(H2,24,25,26). The first kappa shape index (κ1) is 22.4. The number of rotatable bonds is 8. The zero-order chi connectivity index (χ0) is 21.4. The summed E-state index contributed by atoms with van der Waals surface area (Å²) >= 11 is 6.10. The van der Waals surface area contributed by atoms with Gasteiger partial charge in [0.05, 0.1) is 11.5 Å². The molecule has 8 heteroatoms. The van der Waals surface area contributed by atoms with E-state index in [1.165, 1.54) is 0 Å². The maximum atomic E-state index is 12.3. The second-order valence-corrected chi connectivity index (χ2v) is 10.1. The van der Waals surface area contributed by atoms with Crippen molar-refractivity contribution in [2.75, 3.05) is 37.3 Å². The number of anilines is 1. The monoisotopic (exact) mass is 448 g/mol. The number of guanidine groups is 1. The maximum Gasteiger partial charge on any atom is 0.191 e. The molecule has 0 saturated carbocycles. The predicted octanol–water partition coefficient (Wildman–Crippen LogP) is 3.09. The summed E-state index contributed by atoms with van der Waals surface area (Å²) in [6, 6.07) is 17.5. The van der Waals surface area contributed by atoms with E-state index in [2.05, 4.69) is 26.6 Å². The molecule has 2 aromatic rings. The van der Waals surface area contributed by atoms with Gasteiger partial charge in [-0.25, -0.2) is 8.42 Å². The SMILES string of the molecule is CN=C(NCCCS(=O)(=O)Cc1ccccc1)NC1CCN(c2cccc(Cl)c2)C1. The van der Waals surface area contributed by atoms with E-state index in [1.54, 1.807) is 7.05 Å². The van der Waals surface area contributed by atoms with Crippen LogP contribution in [0.3, 0.4) is 0 Å². The fourth-order valence-corrected chi connectivity index (χ4v) is 5.19. The van der Waals surface area contributed by atoms with Crippen LogP contribution in [0.1, 0.15) is 18.4 Å². The van der Waals surface area contributed by atoms with Gasteiger partial charge in [-0.2, -0.15) is 0 Å². The summed E-state index contributed by atoms with van der Waals surface area (Å²) in [5.74, 6) is 0.938. The number of halogens is 1. The molecule has 30 heavy (non-hydrogen) atoms. The lowest BCUT2D eigenvalue weighted by molar-refractivity contribution is 0.591. The molecular weight excluding hydrogens is 420 g/mol. The van der Waals surface area contributed by atoms with Crippen molar-refractivity contribution in [2.24, 2.45) is 4.99 Å². The Kier molecular flexibility index (Phi) is 7.99. The highest BCUT2D eigenvalue weighted by atomic mass is 35.5. The Bertz CT molecular complexity index is 951. The molecule has 162 valence electrons. The average molecular weight is 449 g/mol. The van der Waals surface area contributed by atoms with Crippen molar-refractivity contribution in [2.45, 2.75) is 24.6 Å². The first-order chi connectivity index (χ1) is 14.4. The molecular formula is C22H29ClN4O2S. The molecule has 2 aromatic carbocycles. The Morgan fingerprint density at radius 2 is 2.00 bits per heavy atom. The molecule has 0 spiro atoms. The van der Waals surface area contributed by atoms with Crippen LogP contribution in [0.5, 0.6) is 0 Å². The number of nitrogens with one attached hydrogen (secondary N) is 2. The van der Waals surface area contributed by atoms with Gasteiger partial charge in [-0.3, -0.25) is 4.99 Å². The fourth-order valence-electron chi connectivity index (χ4n) is 3.57. The van der Waals surface area contributed by atoms with Crippen LogP contribution in [0.2, 0.25) is 5.02 Å². The van der Waals surface area contributed by atoms with Gasteiger partial charge in [0.2, 0.25) is 0 Å². The molecule has 1 saturated heterocycles. The van der Waals surface area contributed by atoms with Gasteiger partial charge in [-0.15, -0.1) is 0 Å².